The van der Waals surface area contributed by atoms with Crippen LogP contribution in [0.3, 0.4) is 0 Å². The van der Waals surface area contributed by atoms with E-state index in [1.807, 2.05) is 17.8 Å². The minimum absolute atomic E-state index is 0.0710. The first-order chi connectivity index (χ1) is 10.1. The third kappa shape index (κ3) is 2.81. The molecule has 0 aromatic heterocycles. The molecule has 1 aliphatic carbocycles. The second-order valence-corrected chi connectivity index (χ2v) is 7.01. The zero-order valence-corrected chi connectivity index (χ0v) is 13.5. The van der Waals surface area contributed by atoms with Gasteiger partial charge < -0.3 is 10.5 Å². The van der Waals surface area contributed by atoms with Gasteiger partial charge in [-0.25, -0.2) is 0 Å². The molecule has 0 amide bonds. The molecule has 2 aromatic carbocycles. The Morgan fingerprint density at radius 2 is 1.90 bits per heavy atom. The van der Waals surface area contributed by atoms with Crippen molar-refractivity contribution in [2.24, 2.45) is 5.73 Å². The molecule has 2 nitrogen and oxygen atoms in total. The molecule has 0 saturated carbocycles. The topological polar surface area (TPSA) is 35.2 Å². The highest BCUT2D eigenvalue weighted by atomic mass is 32.2. The Kier molecular flexibility index (Phi) is 3.96. The summed E-state index contributed by atoms with van der Waals surface area (Å²) in [6, 6.07) is 13.0. The molecule has 3 heteroatoms. The first kappa shape index (κ1) is 14.5. The number of nitrogens with two attached hydrogens (primary N) is 1. The third-order valence-corrected chi connectivity index (χ3v) is 5.59. The van der Waals surface area contributed by atoms with Gasteiger partial charge in [-0.15, -0.1) is 11.8 Å². The van der Waals surface area contributed by atoms with Crippen molar-refractivity contribution in [3.63, 3.8) is 0 Å². The third-order valence-electron chi connectivity index (χ3n) is 4.30. The van der Waals surface area contributed by atoms with Gasteiger partial charge in [0.25, 0.3) is 0 Å². The van der Waals surface area contributed by atoms with Crippen LogP contribution in [0, 0.1) is 13.8 Å². The maximum atomic E-state index is 6.45. The Labute approximate surface area is 130 Å². The van der Waals surface area contributed by atoms with E-state index in [-0.39, 0.29) is 6.04 Å². The van der Waals surface area contributed by atoms with Crippen molar-refractivity contribution in [2.45, 2.75) is 36.5 Å². The minimum Gasteiger partial charge on any atom is -0.497 e. The minimum atomic E-state index is 0.0710. The van der Waals surface area contributed by atoms with E-state index in [0.29, 0.717) is 5.25 Å². The van der Waals surface area contributed by atoms with Crippen LogP contribution >= 0.6 is 11.8 Å². The highest BCUT2D eigenvalue weighted by Gasteiger charge is 2.30. The lowest BCUT2D eigenvalue weighted by Gasteiger charge is -2.16. The Bertz CT molecular complexity index is 668. The number of thioether (sulfide) groups is 1. The van der Waals surface area contributed by atoms with Crippen LogP contribution in [0.4, 0.5) is 0 Å². The van der Waals surface area contributed by atoms with Crippen LogP contribution in [0.5, 0.6) is 5.75 Å². The standard InChI is InChI=1S/C18H21NOS/c1-11-4-7-15(8-12(11)2)21-17-9-13-5-6-14(20-3)10-16(13)18(17)19/h4-8,10,17-18H,9,19H2,1-3H3. The van der Waals surface area contributed by atoms with Gasteiger partial charge in [-0.1, -0.05) is 12.1 Å². The zero-order chi connectivity index (χ0) is 15.0. The molecule has 0 spiro atoms. The second kappa shape index (κ2) is 5.74. The van der Waals surface area contributed by atoms with E-state index in [2.05, 4.69) is 44.2 Å². The Balaban J connectivity index is 1.81. The average Bonchev–Trinajstić information content (AvgIpc) is 2.79. The van der Waals surface area contributed by atoms with Crippen molar-refractivity contribution in [1.29, 1.82) is 0 Å². The Morgan fingerprint density at radius 3 is 2.62 bits per heavy atom. The molecule has 0 fully saturated rings. The molecular weight excluding hydrogens is 278 g/mol. The molecule has 2 aromatic rings. The molecule has 110 valence electrons. The first-order valence-corrected chi connectivity index (χ1v) is 8.13. The molecule has 0 saturated heterocycles. The van der Waals surface area contributed by atoms with Crippen molar-refractivity contribution in [3.05, 3.63) is 58.7 Å². The number of hydrogen-bond acceptors (Lipinski definition) is 3. The number of ether oxygens (including phenoxy) is 1. The number of methoxy groups -OCH3 is 1. The quantitative estimate of drug-likeness (QED) is 0.929. The van der Waals surface area contributed by atoms with Gasteiger partial charge >= 0.3 is 0 Å². The average molecular weight is 299 g/mol. The van der Waals surface area contributed by atoms with Crippen LogP contribution in [0.1, 0.15) is 28.3 Å². The van der Waals surface area contributed by atoms with E-state index < -0.39 is 0 Å². The van der Waals surface area contributed by atoms with E-state index in [9.17, 15) is 0 Å². The van der Waals surface area contributed by atoms with Crippen molar-refractivity contribution in [2.75, 3.05) is 7.11 Å². The molecule has 2 N–H and O–H groups in total. The van der Waals surface area contributed by atoms with Gasteiger partial charge in [-0.2, -0.15) is 0 Å². The van der Waals surface area contributed by atoms with Crippen molar-refractivity contribution in [3.8, 4) is 5.75 Å². The van der Waals surface area contributed by atoms with Crippen LogP contribution in [0.25, 0.3) is 0 Å². The summed E-state index contributed by atoms with van der Waals surface area (Å²) in [7, 11) is 1.70. The summed E-state index contributed by atoms with van der Waals surface area (Å²) in [5.74, 6) is 0.890. The van der Waals surface area contributed by atoms with Crippen LogP contribution in [0.15, 0.2) is 41.3 Å². The lowest BCUT2D eigenvalue weighted by atomic mass is 10.1. The number of hydrogen-bond donors (Lipinski definition) is 1. The first-order valence-electron chi connectivity index (χ1n) is 7.25. The van der Waals surface area contributed by atoms with Gasteiger partial charge in [0.05, 0.1) is 7.11 Å². The fourth-order valence-corrected chi connectivity index (χ4v) is 4.11. The van der Waals surface area contributed by atoms with Crippen molar-refractivity contribution in [1.82, 2.24) is 0 Å². The summed E-state index contributed by atoms with van der Waals surface area (Å²) in [5, 5.41) is 0.397. The van der Waals surface area contributed by atoms with Crippen molar-refractivity contribution >= 4 is 11.8 Å². The molecular formula is C18H21NOS. The largest absolute Gasteiger partial charge is 0.497 e. The molecule has 0 aliphatic heterocycles. The zero-order valence-electron chi connectivity index (χ0n) is 12.7. The fourth-order valence-electron chi connectivity index (χ4n) is 2.82. The van der Waals surface area contributed by atoms with E-state index in [4.69, 9.17) is 10.5 Å². The second-order valence-electron chi connectivity index (χ2n) is 5.70. The molecule has 21 heavy (non-hydrogen) atoms. The van der Waals surface area contributed by atoms with E-state index in [0.717, 1.165) is 12.2 Å². The highest BCUT2D eigenvalue weighted by Crippen LogP contribution is 2.41. The predicted octanol–water partition coefficient (Wildman–Crippen LogP) is 4.03. The lowest BCUT2D eigenvalue weighted by molar-refractivity contribution is 0.414. The summed E-state index contributed by atoms with van der Waals surface area (Å²) in [6.45, 7) is 4.31. The van der Waals surface area contributed by atoms with E-state index in [1.54, 1.807) is 7.11 Å². The van der Waals surface area contributed by atoms with Crippen LogP contribution < -0.4 is 10.5 Å². The van der Waals surface area contributed by atoms with E-state index in [1.165, 1.54) is 27.1 Å². The molecule has 0 heterocycles. The number of rotatable bonds is 3. The maximum Gasteiger partial charge on any atom is 0.119 e. The fraction of sp³-hybridized carbons (Fsp3) is 0.333. The predicted molar refractivity (Wildman–Crippen MR) is 89.2 cm³/mol. The summed E-state index contributed by atoms with van der Waals surface area (Å²) in [5.41, 5.74) is 11.7. The molecule has 3 rings (SSSR count). The molecule has 0 bridgehead atoms. The Hall–Kier alpha value is -1.45. The number of aryl methyl sites for hydroxylation is 2. The number of benzene rings is 2. The van der Waals surface area contributed by atoms with Gasteiger partial charge in [0.15, 0.2) is 0 Å². The monoisotopic (exact) mass is 299 g/mol. The lowest BCUT2D eigenvalue weighted by Crippen LogP contribution is -2.18. The normalized spacial score (nSPS) is 20.4. The van der Waals surface area contributed by atoms with Gasteiger partial charge in [0, 0.05) is 16.2 Å². The summed E-state index contributed by atoms with van der Waals surface area (Å²) in [6.07, 6.45) is 1.03. The summed E-state index contributed by atoms with van der Waals surface area (Å²) >= 11 is 1.89. The SMILES string of the molecule is COc1ccc2c(c1)C(N)C(Sc1ccc(C)c(C)c1)C2. The maximum absolute atomic E-state index is 6.45. The van der Waals surface area contributed by atoms with Gasteiger partial charge in [0.2, 0.25) is 0 Å². The molecule has 1 aliphatic rings. The Morgan fingerprint density at radius 1 is 1.10 bits per heavy atom. The van der Waals surface area contributed by atoms with Crippen LogP contribution in [0.2, 0.25) is 0 Å². The molecule has 2 atom stereocenters. The molecule has 2 unspecified atom stereocenters. The number of fused-ring (bicyclic) bond motifs is 1. The van der Waals surface area contributed by atoms with Crippen LogP contribution in [-0.4, -0.2) is 12.4 Å². The van der Waals surface area contributed by atoms with Crippen molar-refractivity contribution < 1.29 is 4.74 Å². The van der Waals surface area contributed by atoms with Gasteiger partial charge in [-0.3, -0.25) is 0 Å². The van der Waals surface area contributed by atoms with Crippen LogP contribution in [-0.2, 0) is 6.42 Å². The van der Waals surface area contributed by atoms with E-state index >= 15 is 0 Å². The van der Waals surface area contributed by atoms with Gasteiger partial charge in [0.1, 0.15) is 5.75 Å². The summed E-state index contributed by atoms with van der Waals surface area (Å²) < 4.78 is 5.31. The van der Waals surface area contributed by atoms with Gasteiger partial charge in [-0.05, 0) is 66.8 Å². The smallest absolute Gasteiger partial charge is 0.119 e. The molecule has 0 radical (unpaired) electrons. The summed E-state index contributed by atoms with van der Waals surface area (Å²) in [4.78, 5) is 1.30. The highest BCUT2D eigenvalue weighted by molar-refractivity contribution is 8.00.